The predicted octanol–water partition coefficient (Wildman–Crippen LogP) is 1.84. The second-order valence-corrected chi connectivity index (χ2v) is 4.96. The van der Waals surface area contributed by atoms with Gasteiger partial charge in [0.1, 0.15) is 5.60 Å². The minimum Gasteiger partial charge on any atom is -0.466 e. The van der Waals surface area contributed by atoms with E-state index in [4.69, 9.17) is 9.47 Å². The zero-order chi connectivity index (χ0) is 12.8. The van der Waals surface area contributed by atoms with Crippen molar-refractivity contribution in [2.75, 3.05) is 19.1 Å². The number of methoxy groups -OCH3 is 1. The molecule has 0 fully saturated rings. The van der Waals surface area contributed by atoms with Crippen LogP contribution in [0, 0.1) is 0 Å². The summed E-state index contributed by atoms with van der Waals surface area (Å²) < 4.78 is 14.3. The second kappa shape index (κ2) is 6.62. The Bertz CT molecular complexity index is 246. The van der Waals surface area contributed by atoms with E-state index in [1.54, 1.807) is 27.0 Å². The van der Waals surface area contributed by atoms with E-state index in [2.05, 4.69) is 4.74 Å². The summed E-state index contributed by atoms with van der Waals surface area (Å²) in [4.78, 5) is 22.5. The minimum atomic E-state index is -0.921. The smallest absolute Gasteiger partial charge is 0.466 e. The lowest BCUT2D eigenvalue weighted by molar-refractivity contribution is -0.151. The fourth-order valence-corrected chi connectivity index (χ4v) is 1.33. The van der Waals surface area contributed by atoms with Gasteiger partial charge in [0.25, 0.3) is 0 Å². The van der Waals surface area contributed by atoms with Gasteiger partial charge in [0.2, 0.25) is 6.10 Å². The van der Waals surface area contributed by atoms with Crippen molar-refractivity contribution in [3.05, 3.63) is 0 Å². The minimum absolute atomic E-state index is 0.339. The average Bonchev–Trinajstić information content (AvgIpc) is 2.13. The SMILES string of the molecule is COC(=O)C(CSC)OC(=O)OC(C)(C)C. The molecule has 0 aliphatic carbocycles. The number of thioether (sulfide) groups is 1. The molecule has 0 amide bonds. The van der Waals surface area contributed by atoms with E-state index in [-0.39, 0.29) is 0 Å². The summed E-state index contributed by atoms with van der Waals surface area (Å²) in [6.45, 7) is 5.15. The van der Waals surface area contributed by atoms with Crippen LogP contribution >= 0.6 is 11.8 Å². The van der Waals surface area contributed by atoms with Crippen molar-refractivity contribution >= 4 is 23.9 Å². The summed E-state index contributed by atoms with van der Waals surface area (Å²) in [5.41, 5.74) is -0.642. The third kappa shape index (κ3) is 6.55. The van der Waals surface area contributed by atoms with Crippen LogP contribution in [0.3, 0.4) is 0 Å². The Hall–Kier alpha value is -0.910. The number of carbonyl (C=O) groups is 2. The summed E-state index contributed by atoms with van der Waals surface area (Å²) in [5, 5.41) is 0. The molecule has 16 heavy (non-hydrogen) atoms. The molecule has 0 rings (SSSR count). The van der Waals surface area contributed by atoms with E-state index in [1.165, 1.54) is 18.9 Å². The molecule has 0 radical (unpaired) electrons. The van der Waals surface area contributed by atoms with Crippen LogP contribution in [0.25, 0.3) is 0 Å². The molecule has 1 atom stereocenters. The lowest BCUT2D eigenvalue weighted by atomic mass is 10.2. The third-order valence-corrected chi connectivity index (χ3v) is 2.05. The molecule has 0 heterocycles. The number of carbonyl (C=O) groups excluding carboxylic acids is 2. The van der Waals surface area contributed by atoms with Gasteiger partial charge in [-0.3, -0.25) is 0 Å². The quantitative estimate of drug-likeness (QED) is 0.709. The summed E-state index contributed by atoms with van der Waals surface area (Å²) in [5.74, 6) is -0.244. The van der Waals surface area contributed by atoms with E-state index in [0.717, 1.165) is 0 Å². The predicted molar refractivity (Wildman–Crippen MR) is 61.5 cm³/mol. The number of esters is 1. The molecule has 0 aromatic heterocycles. The second-order valence-electron chi connectivity index (χ2n) is 4.05. The van der Waals surface area contributed by atoms with Gasteiger partial charge >= 0.3 is 12.1 Å². The van der Waals surface area contributed by atoms with Crippen molar-refractivity contribution in [3.63, 3.8) is 0 Å². The third-order valence-electron chi connectivity index (χ3n) is 1.41. The maximum atomic E-state index is 11.3. The first-order valence-corrected chi connectivity index (χ1v) is 6.16. The van der Waals surface area contributed by atoms with E-state index in [9.17, 15) is 9.59 Å². The van der Waals surface area contributed by atoms with Crippen LogP contribution < -0.4 is 0 Å². The maximum absolute atomic E-state index is 11.3. The monoisotopic (exact) mass is 250 g/mol. The maximum Gasteiger partial charge on any atom is 0.509 e. The zero-order valence-corrected chi connectivity index (χ0v) is 11.1. The lowest BCUT2D eigenvalue weighted by Gasteiger charge is -2.21. The van der Waals surface area contributed by atoms with Crippen LogP contribution in [0.1, 0.15) is 20.8 Å². The van der Waals surface area contributed by atoms with Gasteiger partial charge < -0.3 is 14.2 Å². The Morgan fingerprint density at radius 1 is 1.31 bits per heavy atom. The van der Waals surface area contributed by atoms with E-state index < -0.39 is 23.8 Å². The number of hydrogen-bond acceptors (Lipinski definition) is 6. The van der Waals surface area contributed by atoms with Crippen molar-refractivity contribution in [1.82, 2.24) is 0 Å². The number of ether oxygens (including phenoxy) is 3. The van der Waals surface area contributed by atoms with Gasteiger partial charge in [0.15, 0.2) is 0 Å². The molecule has 0 aromatic carbocycles. The van der Waals surface area contributed by atoms with Crippen molar-refractivity contribution in [3.8, 4) is 0 Å². The Kier molecular flexibility index (Phi) is 6.25. The fraction of sp³-hybridized carbons (Fsp3) is 0.800. The summed E-state index contributed by atoms with van der Waals surface area (Å²) in [7, 11) is 1.24. The van der Waals surface area contributed by atoms with Gasteiger partial charge in [-0.25, -0.2) is 9.59 Å². The van der Waals surface area contributed by atoms with Crippen molar-refractivity contribution < 1.29 is 23.8 Å². The van der Waals surface area contributed by atoms with Gasteiger partial charge in [-0.2, -0.15) is 11.8 Å². The molecule has 0 spiro atoms. The van der Waals surface area contributed by atoms with Gasteiger partial charge in [-0.05, 0) is 27.0 Å². The van der Waals surface area contributed by atoms with E-state index in [0.29, 0.717) is 5.75 Å². The first-order valence-electron chi connectivity index (χ1n) is 4.76. The molecule has 0 aromatic rings. The van der Waals surface area contributed by atoms with E-state index >= 15 is 0 Å². The highest BCUT2D eigenvalue weighted by Gasteiger charge is 2.26. The Morgan fingerprint density at radius 3 is 2.25 bits per heavy atom. The largest absolute Gasteiger partial charge is 0.509 e. The van der Waals surface area contributed by atoms with Crippen LogP contribution in [0.5, 0.6) is 0 Å². The van der Waals surface area contributed by atoms with Crippen molar-refractivity contribution in [1.29, 1.82) is 0 Å². The molecular formula is C10H18O5S. The molecule has 0 saturated carbocycles. The highest BCUT2D eigenvalue weighted by molar-refractivity contribution is 7.98. The Balaban J connectivity index is 4.29. The average molecular weight is 250 g/mol. The van der Waals surface area contributed by atoms with Crippen LogP contribution in [0.15, 0.2) is 0 Å². The van der Waals surface area contributed by atoms with E-state index in [1.807, 2.05) is 0 Å². The molecule has 0 aliphatic heterocycles. The van der Waals surface area contributed by atoms with Gasteiger partial charge in [-0.15, -0.1) is 0 Å². The lowest BCUT2D eigenvalue weighted by Crippen LogP contribution is -2.33. The van der Waals surface area contributed by atoms with Crippen molar-refractivity contribution in [2.24, 2.45) is 0 Å². The molecule has 5 nitrogen and oxygen atoms in total. The molecule has 0 bridgehead atoms. The Labute approximate surface area is 99.8 Å². The normalized spacial score (nSPS) is 12.8. The van der Waals surface area contributed by atoms with Crippen LogP contribution in [-0.4, -0.2) is 42.9 Å². The summed E-state index contributed by atoms with van der Waals surface area (Å²) in [6, 6.07) is 0. The molecule has 0 N–H and O–H groups in total. The fourth-order valence-electron chi connectivity index (χ4n) is 0.823. The van der Waals surface area contributed by atoms with Crippen LogP contribution in [-0.2, 0) is 19.0 Å². The number of hydrogen-bond donors (Lipinski definition) is 0. The summed E-state index contributed by atoms with van der Waals surface area (Å²) >= 11 is 1.38. The molecule has 1 unspecified atom stereocenters. The van der Waals surface area contributed by atoms with Gasteiger partial charge in [0.05, 0.1) is 7.11 Å². The molecule has 0 aliphatic rings. The first kappa shape index (κ1) is 15.1. The van der Waals surface area contributed by atoms with Crippen LogP contribution in [0.4, 0.5) is 4.79 Å². The highest BCUT2D eigenvalue weighted by atomic mass is 32.2. The van der Waals surface area contributed by atoms with Gasteiger partial charge in [0, 0.05) is 5.75 Å². The first-order chi connectivity index (χ1) is 7.30. The van der Waals surface area contributed by atoms with Crippen LogP contribution in [0.2, 0.25) is 0 Å². The molecular weight excluding hydrogens is 232 g/mol. The highest BCUT2D eigenvalue weighted by Crippen LogP contribution is 2.11. The van der Waals surface area contributed by atoms with Crippen molar-refractivity contribution in [2.45, 2.75) is 32.5 Å². The standard InChI is InChI=1S/C10H18O5S/c1-10(2,3)15-9(12)14-7(6-16-5)8(11)13-4/h7H,6H2,1-5H3. The Morgan fingerprint density at radius 2 is 1.88 bits per heavy atom. The molecule has 0 saturated heterocycles. The topological polar surface area (TPSA) is 61.8 Å². The van der Waals surface area contributed by atoms with Gasteiger partial charge in [-0.1, -0.05) is 0 Å². The molecule has 6 heteroatoms. The number of rotatable bonds is 4. The molecule has 94 valence electrons. The summed E-state index contributed by atoms with van der Waals surface area (Å²) in [6.07, 6.45) is 0.0146. The zero-order valence-electron chi connectivity index (χ0n) is 10.2.